The van der Waals surface area contributed by atoms with Crippen molar-refractivity contribution >= 4 is 18.0 Å². The molecule has 1 saturated carbocycles. The summed E-state index contributed by atoms with van der Waals surface area (Å²) in [4.78, 5) is 35.7. The van der Waals surface area contributed by atoms with Crippen LogP contribution in [0.3, 0.4) is 0 Å². The molecule has 0 unspecified atom stereocenters. The van der Waals surface area contributed by atoms with E-state index >= 15 is 0 Å². The van der Waals surface area contributed by atoms with Crippen molar-refractivity contribution in [2.24, 2.45) is 5.92 Å². The van der Waals surface area contributed by atoms with E-state index in [-0.39, 0.29) is 29.0 Å². The maximum absolute atomic E-state index is 12.3. The van der Waals surface area contributed by atoms with Crippen molar-refractivity contribution in [3.63, 3.8) is 0 Å². The fourth-order valence-corrected chi connectivity index (χ4v) is 3.29. The van der Waals surface area contributed by atoms with Crippen LogP contribution < -0.4 is 4.74 Å². The van der Waals surface area contributed by atoms with E-state index in [1.165, 1.54) is 12.8 Å². The monoisotopic (exact) mass is 344 g/mol. The molecule has 0 N–H and O–H groups in total. The predicted octanol–water partition coefficient (Wildman–Crippen LogP) is 5.14. The molecule has 0 heterocycles. The first-order valence-electron chi connectivity index (χ1n) is 9.49. The van der Waals surface area contributed by atoms with E-state index in [4.69, 9.17) is 4.74 Å². The van der Waals surface area contributed by atoms with E-state index in [2.05, 4.69) is 6.92 Å². The van der Waals surface area contributed by atoms with E-state index in [1.54, 1.807) is 18.2 Å². The van der Waals surface area contributed by atoms with Crippen LogP contribution in [0.4, 0.5) is 0 Å². The number of unbranched alkanes of at least 4 members (excludes halogenated alkanes) is 4. The van der Waals surface area contributed by atoms with Crippen LogP contribution in [0, 0.1) is 5.92 Å². The molecular weight excluding hydrogens is 316 g/mol. The Labute approximate surface area is 149 Å². The second-order valence-corrected chi connectivity index (χ2v) is 6.86. The van der Waals surface area contributed by atoms with Gasteiger partial charge in [0.05, 0.1) is 11.5 Å². The molecule has 1 aromatic rings. The summed E-state index contributed by atoms with van der Waals surface area (Å²) >= 11 is 0. The summed E-state index contributed by atoms with van der Waals surface area (Å²) in [5, 5.41) is 0. The summed E-state index contributed by atoms with van der Waals surface area (Å²) in [6, 6.07) is 4.76. The van der Waals surface area contributed by atoms with Gasteiger partial charge in [-0.05, 0) is 37.5 Å². The highest BCUT2D eigenvalue weighted by Crippen LogP contribution is 2.28. The number of aldehydes is 1. The number of hydrogen-bond acceptors (Lipinski definition) is 4. The van der Waals surface area contributed by atoms with Crippen LogP contribution in [0.25, 0.3) is 0 Å². The molecule has 0 spiro atoms. The fourth-order valence-electron chi connectivity index (χ4n) is 3.29. The highest BCUT2D eigenvalue weighted by Gasteiger charge is 2.25. The lowest BCUT2D eigenvalue weighted by Gasteiger charge is -2.11. The van der Waals surface area contributed by atoms with Crippen LogP contribution in [0.1, 0.15) is 91.8 Å². The molecule has 25 heavy (non-hydrogen) atoms. The predicted molar refractivity (Wildman–Crippen MR) is 97.1 cm³/mol. The zero-order valence-electron chi connectivity index (χ0n) is 15.1. The summed E-state index contributed by atoms with van der Waals surface area (Å²) in [6.45, 7) is 2.16. The third-order valence-corrected chi connectivity index (χ3v) is 4.87. The number of benzene rings is 1. The van der Waals surface area contributed by atoms with Crippen LogP contribution in [-0.2, 0) is 4.79 Å². The van der Waals surface area contributed by atoms with Gasteiger partial charge in [-0.1, -0.05) is 45.4 Å². The highest BCUT2D eigenvalue weighted by molar-refractivity contribution is 5.98. The molecule has 0 bridgehead atoms. The lowest BCUT2D eigenvalue weighted by Crippen LogP contribution is -2.18. The summed E-state index contributed by atoms with van der Waals surface area (Å²) in [5.41, 5.74) is 0.779. The number of carbonyl (C=O) groups is 3. The minimum Gasteiger partial charge on any atom is -0.426 e. The maximum Gasteiger partial charge on any atom is 0.314 e. The quantitative estimate of drug-likeness (QED) is 0.194. The Morgan fingerprint density at radius 3 is 2.52 bits per heavy atom. The van der Waals surface area contributed by atoms with Gasteiger partial charge in [-0.3, -0.25) is 14.4 Å². The van der Waals surface area contributed by atoms with Gasteiger partial charge in [-0.15, -0.1) is 0 Å². The Hall–Kier alpha value is -1.97. The topological polar surface area (TPSA) is 60.4 Å². The highest BCUT2D eigenvalue weighted by atomic mass is 16.5. The van der Waals surface area contributed by atoms with Crippen molar-refractivity contribution in [1.29, 1.82) is 0 Å². The second kappa shape index (κ2) is 10.1. The van der Waals surface area contributed by atoms with Gasteiger partial charge in [-0.2, -0.15) is 0 Å². The maximum atomic E-state index is 12.3. The fraction of sp³-hybridized carbons (Fsp3) is 0.571. The van der Waals surface area contributed by atoms with Gasteiger partial charge in [0, 0.05) is 12.0 Å². The van der Waals surface area contributed by atoms with E-state index in [0.29, 0.717) is 18.3 Å². The third-order valence-electron chi connectivity index (χ3n) is 4.87. The number of carbonyl (C=O) groups excluding carboxylic acids is 3. The average Bonchev–Trinajstić information content (AvgIpc) is 3.16. The van der Waals surface area contributed by atoms with Crippen LogP contribution in [0.2, 0.25) is 0 Å². The first-order chi connectivity index (χ1) is 12.2. The van der Waals surface area contributed by atoms with E-state index < -0.39 is 0 Å². The summed E-state index contributed by atoms with van der Waals surface area (Å²) in [6.07, 6.45) is 10.4. The van der Waals surface area contributed by atoms with Crippen LogP contribution in [0.15, 0.2) is 18.2 Å². The van der Waals surface area contributed by atoms with Crippen molar-refractivity contribution in [1.82, 2.24) is 0 Å². The summed E-state index contributed by atoms with van der Waals surface area (Å²) in [5.74, 6) is -0.0424. The number of esters is 1. The molecule has 136 valence electrons. The van der Waals surface area contributed by atoms with Crippen molar-refractivity contribution < 1.29 is 19.1 Å². The van der Waals surface area contributed by atoms with Crippen LogP contribution >= 0.6 is 0 Å². The molecule has 0 amide bonds. The zero-order chi connectivity index (χ0) is 18.1. The molecule has 1 aromatic carbocycles. The van der Waals surface area contributed by atoms with Gasteiger partial charge in [0.1, 0.15) is 5.75 Å². The lowest BCUT2D eigenvalue weighted by atomic mass is 10.0. The SMILES string of the molecule is CCCCCCCC(=O)c1ccc(OC(=O)C2CCCC2)c(C=O)c1. The smallest absolute Gasteiger partial charge is 0.314 e. The molecular formula is C21H28O4. The van der Waals surface area contributed by atoms with E-state index in [9.17, 15) is 14.4 Å². The Kier molecular flexibility index (Phi) is 7.83. The Morgan fingerprint density at radius 2 is 1.84 bits per heavy atom. The normalized spacial score (nSPS) is 14.4. The molecule has 1 aliphatic carbocycles. The van der Waals surface area contributed by atoms with Gasteiger partial charge >= 0.3 is 5.97 Å². The van der Waals surface area contributed by atoms with Crippen LogP contribution in [-0.4, -0.2) is 18.0 Å². The van der Waals surface area contributed by atoms with Crippen molar-refractivity contribution in [2.75, 3.05) is 0 Å². The standard InChI is InChI=1S/C21H28O4/c1-2-3-4-5-6-11-19(23)17-12-13-20(18(14-17)15-22)25-21(24)16-9-7-8-10-16/h12-16H,2-11H2,1H3. The number of Topliss-reactive ketones (excluding diaryl/α,β-unsaturated/α-hetero) is 1. The van der Waals surface area contributed by atoms with E-state index in [1.807, 2.05) is 0 Å². The molecule has 0 saturated heterocycles. The largest absolute Gasteiger partial charge is 0.426 e. The van der Waals surface area contributed by atoms with E-state index in [0.717, 1.165) is 44.9 Å². The second-order valence-electron chi connectivity index (χ2n) is 6.86. The third kappa shape index (κ3) is 5.80. The molecule has 1 aliphatic rings. The zero-order valence-corrected chi connectivity index (χ0v) is 15.1. The Balaban J connectivity index is 1.94. The Bertz CT molecular complexity index is 600. The molecule has 0 atom stereocenters. The van der Waals surface area contributed by atoms with Crippen molar-refractivity contribution in [3.8, 4) is 5.75 Å². The lowest BCUT2D eigenvalue weighted by molar-refractivity contribution is -0.138. The van der Waals surface area contributed by atoms with Gasteiger partial charge < -0.3 is 4.74 Å². The first-order valence-corrected chi connectivity index (χ1v) is 9.49. The van der Waals surface area contributed by atoms with Gasteiger partial charge in [0.25, 0.3) is 0 Å². The first kappa shape index (κ1) is 19.4. The number of hydrogen-bond donors (Lipinski definition) is 0. The van der Waals surface area contributed by atoms with Crippen molar-refractivity contribution in [3.05, 3.63) is 29.3 Å². The van der Waals surface area contributed by atoms with Crippen molar-refractivity contribution in [2.45, 2.75) is 71.1 Å². The summed E-state index contributed by atoms with van der Waals surface area (Å²) in [7, 11) is 0. The Morgan fingerprint density at radius 1 is 1.12 bits per heavy atom. The number of ether oxygens (including phenoxy) is 1. The molecule has 1 fully saturated rings. The molecule has 2 rings (SSSR count). The molecule has 0 aromatic heterocycles. The van der Waals surface area contributed by atoms with Gasteiger partial charge in [0.2, 0.25) is 0 Å². The molecule has 4 heteroatoms. The van der Waals surface area contributed by atoms with Crippen LogP contribution in [0.5, 0.6) is 5.75 Å². The molecule has 0 radical (unpaired) electrons. The summed E-state index contributed by atoms with van der Waals surface area (Å²) < 4.78 is 5.40. The minimum atomic E-state index is -0.268. The number of rotatable bonds is 10. The molecule has 4 nitrogen and oxygen atoms in total. The molecule has 0 aliphatic heterocycles. The van der Waals surface area contributed by atoms with Gasteiger partial charge in [0.15, 0.2) is 12.1 Å². The number of ketones is 1. The average molecular weight is 344 g/mol. The van der Waals surface area contributed by atoms with Gasteiger partial charge in [-0.25, -0.2) is 0 Å². The minimum absolute atomic E-state index is 0.0354.